The summed E-state index contributed by atoms with van der Waals surface area (Å²) < 4.78 is 27.2. The fourth-order valence-electron chi connectivity index (χ4n) is 2.85. The van der Waals surface area contributed by atoms with Gasteiger partial charge in [0.25, 0.3) is 0 Å². The highest BCUT2D eigenvalue weighted by Gasteiger charge is 2.37. The Bertz CT molecular complexity index is 485. The lowest BCUT2D eigenvalue weighted by Crippen LogP contribution is -2.20. The second-order valence-corrected chi connectivity index (χ2v) is 12.0. The van der Waals surface area contributed by atoms with Crippen LogP contribution in [0.2, 0.25) is 0 Å². The first-order valence-corrected chi connectivity index (χ1v) is 13.3. The molecule has 0 radical (unpaired) electrons. The lowest BCUT2D eigenvalue weighted by atomic mass is 10.4. The van der Waals surface area contributed by atoms with Crippen LogP contribution in [0, 0.1) is 0 Å². The van der Waals surface area contributed by atoms with Crippen molar-refractivity contribution in [3.8, 4) is 0 Å². The van der Waals surface area contributed by atoms with Crippen LogP contribution in [-0.2, 0) is 10.1 Å². The van der Waals surface area contributed by atoms with Crippen LogP contribution in [0.15, 0.2) is 30.3 Å². The molecule has 140 valence electrons. The van der Waals surface area contributed by atoms with Gasteiger partial charge in [0.15, 0.2) is 0 Å². The van der Waals surface area contributed by atoms with Crippen molar-refractivity contribution in [3.05, 3.63) is 30.3 Å². The van der Waals surface area contributed by atoms with E-state index in [0.29, 0.717) is 6.26 Å². The Labute approximate surface area is 150 Å². The average Bonchev–Trinajstić information content (AvgIpc) is 2.54. The molecule has 0 saturated carbocycles. The van der Waals surface area contributed by atoms with Crippen molar-refractivity contribution >= 4 is 22.7 Å². The van der Waals surface area contributed by atoms with Gasteiger partial charge in [-0.25, -0.2) is 8.42 Å². The molecule has 0 spiro atoms. The average molecular weight is 375 g/mol. The van der Waals surface area contributed by atoms with Gasteiger partial charge < -0.3 is 4.55 Å². The summed E-state index contributed by atoms with van der Waals surface area (Å²) >= 11 is 0. The Balaban J connectivity index is 0.000000922. The second-order valence-electron chi connectivity index (χ2n) is 6.42. The van der Waals surface area contributed by atoms with E-state index in [1.807, 2.05) is 0 Å². The van der Waals surface area contributed by atoms with Crippen molar-refractivity contribution in [2.45, 2.75) is 59.3 Å². The molecule has 24 heavy (non-hydrogen) atoms. The molecule has 0 aliphatic carbocycles. The van der Waals surface area contributed by atoms with E-state index in [1.165, 1.54) is 57.0 Å². The highest BCUT2D eigenvalue weighted by atomic mass is 32.2. The SMILES string of the molecule is CCCC[P+](CCCC)(CCCC)c1ccccc1.CS(=O)(=O)[O-]. The van der Waals surface area contributed by atoms with E-state index in [1.54, 1.807) is 5.30 Å². The summed E-state index contributed by atoms with van der Waals surface area (Å²) in [7, 11) is -4.81. The molecule has 0 heterocycles. The molecule has 1 aromatic carbocycles. The standard InChI is InChI=1S/C18H32P.CH4O3S/c1-4-7-15-19(16-8-5-2,17-9-6-3)18-13-11-10-12-14-18;1-5(2,3)4/h10-14H,4-9,15-17H2,1-3H3;1H3,(H,2,3,4)/q+1;/p-1. The molecule has 0 amide bonds. The Morgan fingerprint density at radius 2 is 1.17 bits per heavy atom. The fourth-order valence-corrected chi connectivity index (χ4v) is 7.86. The quantitative estimate of drug-likeness (QED) is 0.433. The molecule has 1 rings (SSSR count). The number of rotatable bonds is 10. The Kier molecular flexibility index (Phi) is 12.6. The summed E-state index contributed by atoms with van der Waals surface area (Å²) in [6, 6.07) is 11.5. The maximum absolute atomic E-state index is 9.08. The largest absolute Gasteiger partial charge is 0.748 e. The molecule has 0 atom stereocenters. The summed E-state index contributed by atoms with van der Waals surface area (Å²) in [5, 5.41) is 1.70. The molecule has 0 N–H and O–H groups in total. The summed E-state index contributed by atoms with van der Waals surface area (Å²) in [4.78, 5) is 0. The van der Waals surface area contributed by atoms with E-state index < -0.39 is 17.4 Å². The lowest BCUT2D eigenvalue weighted by Gasteiger charge is -2.27. The van der Waals surface area contributed by atoms with Crippen molar-refractivity contribution in [1.82, 2.24) is 0 Å². The number of unbranched alkanes of at least 4 members (excludes halogenated alkanes) is 3. The minimum atomic E-state index is -3.92. The summed E-state index contributed by atoms with van der Waals surface area (Å²) in [6.07, 6.45) is 13.3. The van der Waals surface area contributed by atoms with Crippen molar-refractivity contribution in [2.24, 2.45) is 0 Å². The maximum atomic E-state index is 9.08. The third-order valence-corrected chi connectivity index (χ3v) is 9.03. The normalized spacial score (nSPS) is 11.7. The highest BCUT2D eigenvalue weighted by Crippen LogP contribution is 2.59. The third kappa shape index (κ3) is 11.2. The zero-order valence-corrected chi connectivity index (χ0v) is 17.5. The Morgan fingerprint density at radius 1 is 0.833 bits per heavy atom. The third-order valence-electron chi connectivity index (χ3n) is 4.12. The summed E-state index contributed by atoms with van der Waals surface area (Å²) in [5.74, 6) is 0. The van der Waals surface area contributed by atoms with E-state index in [4.69, 9.17) is 13.0 Å². The van der Waals surface area contributed by atoms with Gasteiger partial charge >= 0.3 is 0 Å². The monoisotopic (exact) mass is 374 g/mol. The number of hydrogen-bond donors (Lipinski definition) is 0. The molecule has 0 bridgehead atoms. The zero-order valence-electron chi connectivity index (χ0n) is 15.8. The maximum Gasteiger partial charge on any atom is 0.0939 e. The van der Waals surface area contributed by atoms with Gasteiger partial charge in [0.05, 0.1) is 33.9 Å². The van der Waals surface area contributed by atoms with Gasteiger partial charge in [0.1, 0.15) is 0 Å². The van der Waals surface area contributed by atoms with Crippen LogP contribution >= 0.6 is 7.26 Å². The van der Waals surface area contributed by atoms with Crippen LogP contribution in [0.3, 0.4) is 0 Å². The molecule has 0 aromatic heterocycles. The number of hydrogen-bond acceptors (Lipinski definition) is 3. The van der Waals surface area contributed by atoms with Crippen molar-refractivity contribution in [2.75, 3.05) is 24.7 Å². The molecule has 1 aromatic rings. The van der Waals surface area contributed by atoms with E-state index >= 15 is 0 Å². The van der Waals surface area contributed by atoms with Crippen LogP contribution in [0.5, 0.6) is 0 Å². The molecule has 0 saturated heterocycles. The Morgan fingerprint density at radius 3 is 1.46 bits per heavy atom. The fraction of sp³-hybridized carbons (Fsp3) is 0.684. The molecule has 0 unspecified atom stereocenters. The van der Waals surface area contributed by atoms with E-state index in [0.717, 1.165) is 0 Å². The van der Waals surface area contributed by atoms with Gasteiger partial charge in [-0.2, -0.15) is 0 Å². The van der Waals surface area contributed by atoms with E-state index in [-0.39, 0.29) is 0 Å². The van der Waals surface area contributed by atoms with Gasteiger partial charge in [-0.15, -0.1) is 0 Å². The molecular weight excluding hydrogens is 339 g/mol. The smallest absolute Gasteiger partial charge is 0.0939 e. The van der Waals surface area contributed by atoms with Crippen LogP contribution in [0.4, 0.5) is 0 Å². The van der Waals surface area contributed by atoms with E-state index in [9.17, 15) is 0 Å². The van der Waals surface area contributed by atoms with Gasteiger partial charge in [-0.05, 0) is 31.4 Å². The van der Waals surface area contributed by atoms with Gasteiger partial charge in [-0.1, -0.05) is 58.2 Å². The summed E-state index contributed by atoms with van der Waals surface area (Å²) in [5.41, 5.74) is 0. The molecule has 0 aliphatic rings. The van der Waals surface area contributed by atoms with Gasteiger partial charge in [-0.3, -0.25) is 0 Å². The minimum Gasteiger partial charge on any atom is -0.748 e. The first-order chi connectivity index (χ1) is 11.3. The molecule has 0 aliphatic heterocycles. The molecule has 3 nitrogen and oxygen atoms in total. The van der Waals surface area contributed by atoms with Crippen LogP contribution in [0.1, 0.15) is 59.3 Å². The lowest BCUT2D eigenvalue weighted by molar-refractivity contribution is 0.470. The zero-order chi connectivity index (χ0) is 18.5. The predicted octanol–water partition coefficient (Wildman–Crippen LogP) is 4.89. The van der Waals surface area contributed by atoms with Crippen LogP contribution in [0.25, 0.3) is 0 Å². The molecule has 0 fully saturated rings. The van der Waals surface area contributed by atoms with Crippen molar-refractivity contribution < 1.29 is 13.0 Å². The summed E-state index contributed by atoms with van der Waals surface area (Å²) in [6.45, 7) is 7.00. The van der Waals surface area contributed by atoms with Crippen LogP contribution < -0.4 is 5.30 Å². The topological polar surface area (TPSA) is 57.2 Å². The highest BCUT2D eigenvalue weighted by molar-refractivity contribution is 7.85. The molecule has 5 heteroatoms. The van der Waals surface area contributed by atoms with Crippen molar-refractivity contribution in [1.29, 1.82) is 0 Å². The Hall–Kier alpha value is -0.440. The number of benzene rings is 1. The van der Waals surface area contributed by atoms with Crippen LogP contribution in [-0.4, -0.2) is 37.7 Å². The van der Waals surface area contributed by atoms with Gasteiger partial charge in [0.2, 0.25) is 0 Å². The first-order valence-electron chi connectivity index (χ1n) is 9.11. The predicted molar refractivity (Wildman–Crippen MR) is 108 cm³/mol. The van der Waals surface area contributed by atoms with E-state index in [2.05, 4.69) is 51.1 Å². The first kappa shape index (κ1) is 23.6. The second kappa shape index (κ2) is 12.9. The van der Waals surface area contributed by atoms with Crippen molar-refractivity contribution in [3.63, 3.8) is 0 Å². The minimum absolute atomic E-state index is 0.604. The molecular formula is C19H35O3PS. The van der Waals surface area contributed by atoms with Gasteiger partial charge in [0, 0.05) is 13.5 Å².